The Morgan fingerprint density at radius 3 is 2.89 bits per heavy atom. The quantitative estimate of drug-likeness (QED) is 0.912. The fraction of sp³-hybridized carbons (Fsp3) is 0.375. The lowest BCUT2D eigenvalue weighted by Crippen LogP contribution is -2.29. The Labute approximate surface area is 114 Å². The van der Waals surface area contributed by atoms with Gasteiger partial charge in [-0.05, 0) is 49.9 Å². The van der Waals surface area contributed by atoms with Gasteiger partial charge in [0.05, 0.1) is 17.4 Å². The van der Waals surface area contributed by atoms with Gasteiger partial charge in [-0.15, -0.1) is 0 Å². The van der Waals surface area contributed by atoms with E-state index in [2.05, 4.69) is 34.3 Å². The third kappa shape index (κ3) is 2.66. The van der Waals surface area contributed by atoms with E-state index in [-0.39, 0.29) is 6.04 Å². The first-order valence-electron chi connectivity index (χ1n) is 6.95. The van der Waals surface area contributed by atoms with Gasteiger partial charge in [-0.1, -0.05) is 12.1 Å². The van der Waals surface area contributed by atoms with Crippen molar-refractivity contribution in [1.29, 1.82) is 0 Å². The second-order valence-electron chi connectivity index (χ2n) is 5.14. The Hall–Kier alpha value is -1.74. The molecule has 19 heavy (non-hydrogen) atoms. The molecule has 2 atom stereocenters. The molecule has 1 aliphatic rings. The highest BCUT2D eigenvalue weighted by Gasteiger charge is 2.23. The van der Waals surface area contributed by atoms with Gasteiger partial charge in [0.2, 0.25) is 0 Å². The van der Waals surface area contributed by atoms with Crippen LogP contribution < -0.4 is 5.32 Å². The van der Waals surface area contributed by atoms with Gasteiger partial charge < -0.3 is 5.32 Å². The highest BCUT2D eigenvalue weighted by Crippen LogP contribution is 2.29. The number of rotatable bonds is 3. The summed E-state index contributed by atoms with van der Waals surface area (Å²) in [5, 5.41) is 3.67. The third-order valence-corrected chi connectivity index (χ3v) is 3.78. The van der Waals surface area contributed by atoms with Crippen molar-refractivity contribution < 1.29 is 0 Å². The van der Waals surface area contributed by atoms with Gasteiger partial charge in [-0.3, -0.25) is 9.97 Å². The van der Waals surface area contributed by atoms with E-state index in [9.17, 15) is 0 Å². The highest BCUT2D eigenvalue weighted by molar-refractivity contribution is 5.25. The smallest absolute Gasteiger partial charge is 0.0605 e. The van der Waals surface area contributed by atoms with E-state index >= 15 is 0 Å². The number of hydrogen-bond acceptors (Lipinski definition) is 3. The minimum Gasteiger partial charge on any atom is -0.301 e. The molecule has 0 aromatic carbocycles. The van der Waals surface area contributed by atoms with Crippen LogP contribution in [0.4, 0.5) is 0 Å². The summed E-state index contributed by atoms with van der Waals surface area (Å²) in [7, 11) is 0. The summed E-state index contributed by atoms with van der Waals surface area (Å²) in [6.45, 7) is 2.17. The molecule has 2 aromatic heterocycles. The van der Waals surface area contributed by atoms with Crippen LogP contribution in [0.1, 0.15) is 48.8 Å². The van der Waals surface area contributed by atoms with Gasteiger partial charge in [0, 0.05) is 18.4 Å². The fourth-order valence-corrected chi connectivity index (χ4v) is 2.79. The summed E-state index contributed by atoms with van der Waals surface area (Å²) in [5.41, 5.74) is 3.70. The normalized spacial score (nSPS) is 19.7. The number of fused-ring (bicyclic) bond motifs is 1. The van der Waals surface area contributed by atoms with E-state index in [4.69, 9.17) is 0 Å². The van der Waals surface area contributed by atoms with E-state index in [1.807, 2.05) is 30.6 Å². The van der Waals surface area contributed by atoms with Crippen LogP contribution in [0.5, 0.6) is 0 Å². The number of nitrogens with one attached hydrogen (secondary N) is 1. The minimum atomic E-state index is 0.249. The van der Waals surface area contributed by atoms with Crippen molar-refractivity contribution in [3.8, 4) is 0 Å². The molecule has 98 valence electrons. The Morgan fingerprint density at radius 2 is 2.05 bits per heavy atom. The first-order chi connectivity index (χ1) is 9.34. The summed E-state index contributed by atoms with van der Waals surface area (Å²) < 4.78 is 0. The maximum atomic E-state index is 4.56. The van der Waals surface area contributed by atoms with Crippen molar-refractivity contribution in [2.45, 2.75) is 38.3 Å². The van der Waals surface area contributed by atoms with Crippen molar-refractivity contribution in [3.63, 3.8) is 0 Å². The van der Waals surface area contributed by atoms with Gasteiger partial charge in [0.25, 0.3) is 0 Å². The van der Waals surface area contributed by atoms with Crippen molar-refractivity contribution >= 4 is 0 Å². The molecule has 0 saturated heterocycles. The number of pyridine rings is 2. The summed E-state index contributed by atoms with van der Waals surface area (Å²) >= 11 is 0. The Morgan fingerprint density at radius 1 is 1.16 bits per heavy atom. The zero-order valence-electron chi connectivity index (χ0n) is 11.2. The fourth-order valence-electron chi connectivity index (χ4n) is 2.79. The SMILES string of the molecule is C[C@H](NC1CCCc2cccnc21)c1ccccn1. The Balaban J connectivity index is 1.78. The Bertz CT molecular complexity index is 539. The van der Waals surface area contributed by atoms with Crippen LogP contribution in [0.25, 0.3) is 0 Å². The van der Waals surface area contributed by atoms with Gasteiger partial charge in [0.15, 0.2) is 0 Å². The van der Waals surface area contributed by atoms with E-state index in [1.54, 1.807) is 0 Å². The molecule has 0 spiro atoms. The van der Waals surface area contributed by atoms with E-state index < -0.39 is 0 Å². The molecule has 1 aliphatic carbocycles. The van der Waals surface area contributed by atoms with E-state index in [0.29, 0.717) is 6.04 Å². The van der Waals surface area contributed by atoms with Crippen LogP contribution in [0.3, 0.4) is 0 Å². The molecule has 0 aliphatic heterocycles. The maximum Gasteiger partial charge on any atom is 0.0605 e. The van der Waals surface area contributed by atoms with Crippen LogP contribution >= 0.6 is 0 Å². The van der Waals surface area contributed by atoms with Gasteiger partial charge >= 0.3 is 0 Å². The van der Waals surface area contributed by atoms with Crippen LogP contribution in [-0.2, 0) is 6.42 Å². The van der Waals surface area contributed by atoms with E-state index in [0.717, 1.165) is 18.5 Å². The van der Waals surface area contributed by atoms with Crippen molar-refractivity contribution in [1.82, 2.24) is 15.3 Å². The van der Waals surface area contributed by atoms with Gasteiger partial charge in [0.1, 0.15) is 0 Å². The molecule has 0 saturated carbocycles. The molecule has 1 unspecified atom stereocenters. The second-order valence-corrected chi connectivity index (χ2v) is 5.14. The molecule has 0 bridgehead atoms. The topological polar surface area (TPSA) is 37.8 Å². The summed E-state index contributed by atoms with van der Waals surface area (Å²) in [6, 6.07) is 10.9. The number of nitrogens with zero attached hydrogens (tertiary/aromatic N) is 2. The van der Waals surface area contributed by atoms with Crippen molar-refractivity contribution in [2.24, 2.45) is 0 Å². The summed E-state index contributed by atoms with van der Waals surface area (Å²) in [4.78, 5) is 8.98. The molecule has 3 nitrogen and oxygen atoms in total. The number of aromatic nitrogens is 2. The zero-order chi connectivity index (χ0) is 13.1. The van der Waals surface area contributed by atoms with Gasteiger partial charge in [-0.2, -0.15) is 0 Å². The molecule has 2 heterocycles. The second kappa shape index (κ2) is 5.49. The third-order valence-electron chi connectivity index (χ3n) is 3.78. The molecule has 1 N–H and O–H groups in total. The minimum absolute atomic E-state index is 0.249. The predicted octanol–water partition coefficient (Wildman–Crippen LogP) is 3.20. The molecule has 3 heteroatoms. The average molecular weight is 253 g/mol. The van der Waals surface area contributed by atoms with E-state index in [1.165, 1.54) is 17.7 Å². The standard InChI is InChI=1S/C16H19N3/c1-12(14-8-2-3-10-17-14)19-15-9-4-6-13-7-5-11-18-16(13)15/h2-3,5,7-8,10-12,15,19H,4,6,9H2,1H3/t12-,15?/m0/s1. The molecule has 3 rings (SSSR count). The first-order valence-corrected chi connectivity index (χ1v) is 6.95. The lowest BCUT2D eigenvalue weighted by molar-refractivity contribution is 0.402. The lowest BCUT2D eigenvalue weighted by atomic mass is 9.91. The molecule has 0 radical (unpaired) electrons. The summed E-state index contributed by atoms with van der Waals surface area (Å²) in [6.07, 6.45) is 7.27. The van der Waals surface area contributed by atoms with Crippen LogP contribution in [0, 0.1) is 0 Å². The average Bonchev–Trinajstić information content (AvgIpc) is 2.48. The predicted molar refractivity (Wildman–Crippen MR) is 75.7 cm³/mol. The molecule has 2 aromatic rings. The molecule has 0 fully saturated rings. The monoisotopic (exact) mass is 253 g/mol. The summed E-state index contributed by atoms with van der Waals surface area (Å²) in [5.74, 6) is 0. The lowest BCUT2D eigenvalue weighted by Gasteiger charge is -2.28. The Kier molecular flexibility index (Phi) is 3.56. The van der Waals surface area contributed by atoms with Crippen molar-refractivity contribution in [3.05, 3.63) is 59.7 Å². The first kappa shape index (κ1) is 12.3. The molecule has 0 amide bonds. The van der Waals surface area contributed by atoms with Gasteiger partial charge in [-0.25, -0.2) is 0 Å². The molecular formula is C16H19N3. The van der Waals surface area contributed by atoms with Crippen molar-refractivity contribution in [2.75, 3.05) is 0 Å². The van der Waals surface area contributed by atoms with Crippen LogP contribution in [0.2, 0.25) is 0 Å². The molecular weight excluding hydrogens is 234 g/mol. The van der Waals surface area contributed by atoms with Crippen LogP contribution in [0.15, 0.2) is 42.7 Å². The largest absolute Gasteiger partial charge is 0.301 e. The number of aryl methyl sites for hydroxylation is 1. The highest BCUT2D eigenvalue weighted by atomic mass is 15.0. The number of hydrogen-bond donors (Lipinski definition) is 1. The zero-order valence-corrected chi connectivity index (χ0v) is 11.2. The van der Waals surface area contributed by atoms with Crippen LogP contribution in [-0.4, -0.2) is 9.97 Å². The maximum absolute atomic E-state index is 4.56.